The molecule has 0 aliphatic carbocycles. The maximum Gasteiger partial charge on any atom is 0.251 e. The largest absolute Gasteiger partial charge is 0.383 e. The number of aryl methyl sites for hydroxylation is 1. The molecule has 1 N–H and O–H groups in total. The van der Waals surface area contributed by atoms with Crippen molar-refractivity contribution in [1.29, 1.82) is 0 Å². The third-order valence-corrected chi connectivity index (χ3v) is 8.45. The average Bonchev–Trinajstić information content (AvgIpc) is 2.90. The van der Waals surface area contributed by atoms with Crippen LogP contribution in [0.2, 0.25) is 0 Å². The fraction of sp³-hybridized carbons (Fsp3) is 0.321. The smallest absolute Gasteiger partial charge is 0.251 e. The van der Waals surface area contributed by atoms with Gasteiger partial charge < -0.3 is 10.1 Å². The molecule has 4 rings (SSSR count). The van der Waals surface area contributed by atoms with Crippen LogP contribution in [0.15, 0.2) is 83.8 Å². The number of ether oxygens (including phenoxy) is 1. The third-order valence-electron chi connectivity index (χ3n) is 6.55. The summed E-state index contributed by atoms with van der Waals surface area (Å²) in [6.45, 7) is 4.50. The van der Waals surface area contributed by atoms with E-state index < -0.39 is 10.0 Å². The summed E-state index contributed by atoms with van der Waals surface area (Å²) in [5.41, 5.74) is 3.45. The van der Waals surface area contributed by atoms with Gasteiger partial charge in [0.15, 0.2) is 0 Å². The van der Waals surface area contributed by atoms with Gasteiger partial charge in [-0.1, -0.05) is 66.7 Å². The van der Waals surface area contributed by atoms with Crippen LogP contribution in [-0.4, -0.2) is 70.0 Å². The molecular weight excluding hydrogens is 474 g/mol. The van der Waals surface area contributed by atoms with Crippen LogP contribution < -0.4 is 5.32 Å². The Balaban J connectivity index is 1.51. The topological polar surface area (TPSA) is 78.9 Å². The van der Waals surface area contributed by atoms with Gasteiger partial charge in [0, 0.05) is 45.4 Å². The highest BCUT2D eigenvalue weighted by Crippen LogP contribution is 2.30. The molecule has 190 valence electrons. The highest BCUT2D eigenvalue weighted by Gasteiger charge is 2.32. The first-order valence-electron chi connectivity index (χ1n) is 12.1. The number of hydrogen-bond acceptors (Lipinski definition) is 5. The predicted molar refractivity (Wildman–Crippen MR) is 140 cm³/mol. The normalized spacial score (nSPS) is 15.2. The molecule has 8 heteroatoms. The van der Waals surface area contributed by atoms with E-state index in [9.17, 15) is 13.2 Å². The molecule has 1 amide bonds. The molecule has 36 heavy (non-hydrogen) atoms. The summed E-state index contributed by atoms with van der Waals surface area (Å²) in [6, 6.07) is 25.4. The first-order valence-corrected chi connectivity index (χ1v) is 13.6. The van der Waals surface area contributed by atoms with E-state index in [2.05, 4.69) is 34.5 Å². The molecule has 0 aromatic heterocycles. The van der Waals surface area contributed by atoms with E-state index in [0.29, 0.717) is 44.9 Å². The van der Waals surface area contributed by atoms with Gasteiger partial charge in [-0.15, -0.1) is 0 Å². The maximum atomic E-state index is 13.5. The second kappa shape index (κ2) is 11.8. The van der Waals surface area contributed by atoms with Gasteiger partial charge in [-0.3, -0.25) is 9.69 Å². The van der Waals surface area contributed by atoms with Crippen molar-refractivity contribution in [3.63, 3.8) is 0 Å². The monoisotopic (exact) mass is 507 g/mol. The molecule has 1 fully saturated rings. The fourth-order valence-electron chi connectivity index (χ4n) is 4.60. The second-order valence-electron chi connectivity index (χ2n) is 8.89. The number of rotatable bonds is 9. The molecule has 0 atom stereocenters. The molecule has 0 spiro atoms. The molecule has 7 nitrogen and oxygen atoms in total. The fourth-order valence-corrected chi connectivity index (χ4v) is 6.05. The molecule has 1 heterocycles. The molecule has 0 unspecified atom stereocenters. The van der Waals surface area contributed by atoms with Crippen LogP contribution in [0, 0.1) is 6.92 Å². The number of hydrogen-bond donors (Lipinski definition) is 1. The van der Waals surface area contributed by atoms with Gasteiger partial charge in [-0.05, 0) is 35.7 Å². The lowest BCUT2D eigenvalue weighted by Gasteiger charge is -2.39. The molecule has 0 bridgehead atoms. The van der Waals surface area contributed by atoms with Crippen LogP contribution in [0.5, 0.6) is 0 Å². The number of methoxy groups -OCH3 is 1. The van der Waals surface area contributed by atoms with Crippen LogP contribution in [-0.2, 0) is 14.8 Å². The highest BCUT2D eigenvalue weighted by atomic mass is 32.2. The van der Waals surface area contributed by atoms with Gasteiger partial charge in [0.25, 0.3) is 5.91 Å². The SMILES string of the molecule is COCCNC(=O)c1cc(S(=O)(=O)N2CCN(C(c3ccccc3)c3ccccc3)CC2)ccc1C. The second-order valence-corrected chi connectivity index (χ2v) is 10.8. The van der Waals surface area contributed by atoms with Gasteiger partial charge >= 0.3 is 0 Å². The summed E-state index contributed by atoms with van der Waals surface area (Å²) in [4.78, 5) is 15.1. The Kier molecular flexibility index (Phi) is 8.53. The van der Waals surface area contributed by atoms with Gasteiger partial charge in [-0.2, -0.15) is 4.31 Å². The molecule has 1 aliphatic heterocycles. The zero-order valence-corrected chi connectivity index (χ0v) is 21.6. The molecule has 0 radical (unpaired) electrons. The Morgan fingerprint density at radius 1 is 0.917 bits per heavy atom. The first kappa shape index (κ1) is 26.0. The lowest BCUT2D eigenvalue weighted by Crippen LogP contribution is -2.49. The molecule has 3 aromatic rings. The summed E-state index contributed by atoms with van der Waals surface area (Å²) in [5, 5.41) is 2.77. The minimum absolute atomic E-state index is 0.0547. The molecule has 3 aromatic carbocycles. The number of nitrogens with zero attached hydrogens (tertiary/aromatic N) is 2. The van der Waals surface area contributed by atoms with Crippen molar-refractivity contribution in [2.75, 3.05) is 46.4 Å². The molecule has 1 aliphatic rings. The van der Waals surface area contributed by atoms with Crippen molar-refractivity contribution in [1.82, 2.24) is 14.5 Å². The Hall–Kier alpha value is -3.04. The lowest BCUT2D eigenvalue weighted by atomic mass is 9.96. The van der Waals surface area contributed by atoms with Crippen LogP contribution in [0.3, 0.4) is 0 Å². The van der Waals surface area contributed by atoms with E-state index in [-0.39, 0.29) is 16.8 Å². The van der Waals surface area contributed by atoms with Gasteiger partial charge in [-0.25, -0.2) is 8.42 Å². The van der Waals surface area contributed by atoms with Crippen LogP contribution in [0.1, 0.15) is 33.1 Å². The van der Waals surface area contributed by atoms with E-state index in [0.717, 1.165) is 5.56 Å². The number of carbonyl (C=O) groups excluding carboxylic acids is 1. The van der Waals surface area contributed by atoms with E-state index in [1.165, 1.54) is 21.5 Å². The summed E-state index contributed by atoms with van der Waals surface area (Å²) in [6.07, 6.45) is 0. The summed E-state index contributed by atoms with van der Waals surface area (Å²) < 4.78 is 33.5. The summed E-state index contributed by atoms with van der Waals surface area (Å²) in [7, 11) is -2.17. The van der Waals surface area contributed by atoms with E-state index >= 15 is 0 Å². The predicted octanol–water partition coefficient (Wildman–Crippen LogP) is 3.47. The molecule has 0 saturated carbocycles. The number of piperazine rings is 1. The van der Waals surface area contributed by atoms with Gasteiger partial charge in [0.1, 0.15) is 0 Å². The summed E-state index contributed by atoms with van der Waals surface area (Å²) >= 11 is 0. The Bertz CT molecular complexity index is 1220. The van der Waals surface area contributed by atoms with Gasteiger partial charge in [0.2, 0.25) is 10.0 Å². The quantitative estimate of drug-likeness (QED) is 0.449. The highest BCUT2D eigenvalue weighted by molar-refractivity contribution is 7.89. The van der Waals surface area contributed by atoms with Crippen molar-refractivity contribution in [2.45, 2.75) is 17.9 Å². The standard InChI is InChI=1S/C28H33N3O4S/c1-22-13-14-25(21-26(22)28(32)29-15-20-35-2)36(33,34)31-18-16-30(17-19-31)27(23-9-5-3-6-10-23)24-11-7-4-8-12-24/h3-14,21,27H,15-20H2,1-2H3,(H,29,32). The Morgan fingerprint density at radius 3 is 2.06 bits per heavy atom. The van der Waals surface area contributed by atoms with Crippen molar-refractivity contribution >= 4 is 15.9 Å². The van der Waals surface area contributed by atoms with E-state index in [1.807, 2.05) is 36.4 Å². The maximum absolute atomic E-state index is 13.5. The van der Waals surface area contributed by atoms with Crippen molar-refractivity contribution < 1.29 is 17.9 Å². The number of benzene rings is 3. The van der Waals surface area contributed by atoms with Gasteiger partial charge in [0.05, 0.1) is 17.5 Å². The zero-order chi connectivity index (χ0) is 25.5. The average molecular weight is 508 g/mol. The van der Waals surface area contributed by atoms with Crippen LogP contribution >= 0.6 is 0 Å². The minimum Gasteiger partial charge on any atom is -0.383 e. The van der Waals surface area contributed by atoms with E-state index in [1.54, 1.807) is 26.2 Å². The van der Waals surface area contributed by atoms with Crippen molar-refractivity contribution in [3.05, 3.63) is 101 Å². The molecule has 1 saturated heterocycles. The number of carbonyl (C=O) groups is 1. The van der Waals surface area contributed by atoms with E-state index in [4.69, 9.17) is 4.74 Å². The third kappa shape index (κ3) is 5.84. The minimum atomic E-state index is -3.74. The number of nitrogens with one attached hydrogen (secondary N) is 1. The Morgan fingerprint density at radius 2 is 1.50 bits per heavy atom. The number of amides is 1. The van der Waals surface area contributed by atoms with Crippen LogP contribution in [0.25, 0.3) is 0 Å². The molecular formula is C28H33N3O4S. The Labute approximate surface area is 213 Å². The zero-order valence-electron chi connectivity index (χ0n) is 20.8. The van der Waals surface area contributed by atoms with Crippen molar-refractivity contribution in [2.24, 2.45) is 0 Å². The first-order chi connectivity index (χ1) is 17.4. The van der Waals surface area contributed by atoms with Crippen LogP contribution in [0.4, 0.5) is 0 Å². The lowest BCUT2D eigenvalue weighted by molar-refractivity contribution is 0.0936. The number of sulfonamides is 1. The summed E-state index contributed by atoms with van der Waals surface area (Å²) in [5.74, 6) is -0.306. The van der Waals surface area contributed by atoms with Crippen molar-refractivity contribution in [3.8, 4) is 0 Å².